The fraction of sp³-hybridized carbons (Fsp3) is 0.250. The maximum absolute atomic E-state index is 2.50. The molecule has 2 aliphatic heterocycles. The molecule has 0 saturated heterocycles. The van der Waals surface area contributed by atoms with Gasteiger partial charge in [0, 0.05) is 0 Å². The van der Waals surface area contributed by atoms with Crippen LogP contribution in [0, 0.1) is 0 Å². The zero-order valence-corrected chi connectivity index (χ0v) is 14.4. The van der Waals surface area contributed by atoms with E-state index in [9.17, 15) is 0 Å². The summed E-state index contributed by atoms with van der Waals surface area (Å²) in [5.41, 5.74) is 3.21. The topological polar surface area (TPSA) is 0 Å². The van der Waals surface area contributed by atoms with Crippen LogP contribution in [0.3, 0.4) is 0 Å². The molecule has 2 aromatic rings. The second-order valence-electron chi connectivity index (χ2n) is 5.52. The molecule has 0 unspecified atom stereocenters. The fourth-order valence-corrected chi connectivity index (χ4v) is 23.0. The molecule has 2 aromatic carbocycles. The molecule has 19 heavy (non-hydrogen) atoms. The van der Waals surface area contributed by atoms with Crippen molar-refractivity contribution in [2.75, 3.05) is 13.3 Å². The molecule has 2 aliphatic rings. The van der Waals surface area contributed by atoms with Gasteiger partial charge in [-0.25, -0.2) is 0 Å². The molecule has 0 spiro atoms. The van der Waals surface area contributed by atoms with E-state index in [0.717, 1.165) is 0 Å². The van der Waals surface area contributed by atoms with Crippen LogP contribution in [0.1, 0.15) is 11.1 Å². The van der Waals surface area contributed by atoms with Gasteiger partial charge in [0.1, 0.15) is 0 Å². The van der Waals surface area contributed by atoms with Crippen LogP contribution >= 0.6 is 8.99 Å². The van der Waals surface area contributed by atoms with Crippen LogP contribution in [0.4, 0.5) is 0 Å². The molecule has 0 amide bonds. The average Bonchev–Trinajstić information content (AvgIpc) is 2.81. The molecule has 0 bridgehead atoms. The molecule has 0 aliphatic carbocycles. The van der Waals surface area contributed by atoms with E-state index in [0.29, 0.717) is 0 Å². The Balaban J connectivity index is 2.08. The molecule has 1 nitrogen and oxygen atoms in total. The molecule has 0 fully saturated rings. The van der Waals surface area contributed by atoms with E-state index in [4.69, 9.17) is 0 Å². The number of nitrogens with zero attached hydrogens (tertiary/aromatic N) is 1. The Morgan fingerprint density at radius 1 is 0.895 bits per heavy atom. The standard InChI is InChI=1S/C16H18NSTe/c1-17-11-13-7-3-5-9-15(13)19(17,18-2)16-10-6-4-8-14(16)12-17/h3-10H,11-12H2,1-2H3/q+1. The molecule has 0 N–H and O–H groups in total. The summed E-state index contributed by atoms with van der Waals surface area (Å²) in [6, 6.07) is 18.4. The van der Waals surface area contributed by atoms with E-state index < -0.39 is 17.1 Å². The Kier molecular flexibility index (Phi) is 2.60. The van der Waals surface area contributed by atoms with Crippen molar-refractivity contribution in [3.8, 4) is 0 Å². The van der Waals surface area contributed by atoms with Crippen LogP contribution < -0.4 is 7.22 Å². The van der Waals surface area contributed by atoms with Crippen LogP contribution in [0.5, 0.6) is 0 Å². The summed E-state index contributed by atoms with van der Waals surface area (Å²) in [6.45, 7) is 2.46. The van der Waals surface area contributed by atoms with Crippen molar-refractivity contribution in [1.82, 2.24) is 0 Å². The SMILES string of the molecule is CS[Te]12c3ccccc3C[N+]1(C)Cc1ccccc12. The Hall–Kier alpha value is -0.460. The van der Waals surface area contributed by atoms with Crippen molar-refractivity contribution in [3.63, 3.8) is 0 Å². The van der Waals surface area contributed by atoms with Crippen LogP contribution in [0.15, 0.2) is 48.5 Å². The van der Waals surface area contributed by atoms with Crippen LogP contribution in [0.25, 0.3) is 0 Å². The monoisotopic (exact) mass is 386 g/mol. The van der Waals surface area contributed by atoms with E-state index in [-0.39, 0.29) is 0 Å². The van der Waals surface area contributed by atoms with Gasteiger partial charge in [0.25, 0.3) is 0 Å². The fourth-order valence-electron chi connectivity index (χ4n) is 3.72. The second-order valence-corrected chi connectivity index (χ2v) is 20.0. The Morgan fingerprint density at radius 2 is 1.37 bits per heavy atom. The first-order valence-corrected chi connectivity index (χ1v) is 14.0. The molecule has 0 aromatic heterocycles. The van der Waals surface area contributed by atoms with Gasteiger partial charge < -0.3 is 0 Å². The van der Waals surface area contributed by atoms with Gasteiger partial charge in [-0.3, -0.25) is 0 Å². The summed E-state index contributed by atoms with van der Waals surface area (Å²) >= 11 is -2.34. The summed E-state index contributed by atoms with van der Waals surface area (Å²) in [5, 5.41) is 0. The summed E-state index contributed by atoms with van der Waals surface area (Å²) in [6.07, 6.45) is 2.35. The molecule has 2 heterocycles. The minimum absolute atomic E-state index is 1.23. The van der Waals surface area contributed by atoms with Crippen molar-refractivity contribution in [1.29, 1.82) is 0 Å². The molecule has 98 valence electrons. The molecule has 3 heteroatoms. The summed E-state index contributed by atoms with van der Waals surface area (Å²) in [7, 11) is 4.69. The zero-order valence-electron chi connectivity index (χ0n) is 11.3. The third kappa shape index (κ3) is 1.37. The Morgan fingerprint density at radius 3 is 1.84 bits per heavy atom. The van der Waals surface area contributed by atoms with E-state index in [1.54, 1.807) is 18.3 Å². The number of hydrogen-bond donors (Lipinski definition) is 0. The number of quaternary nitrogens is 1. The summed E-state index contributed by atoms with van der Waals surface area (Å²) in [5.74, 6) is 0. The van der Waals surface area contributed by atoms with Crippen LogP contribution in [-0.2, 0) is 13.1 Å². The Bertz CT molecular complexity index is 618. The van der Waals surface area contributed by atoms with Gasteiger partial charge in [0.15, 0.2) is 0 Å². The number of rotatable bonds is 1. The third-order valence-electron chi connectivity index (χ3n) is 4.41. The van der Waals surface area contributed by atoms with Gasteiger partial charge >= 0.3 is 122 Å². The molecular formula is C16H18NSTe+. The first-order valence-electron chi connectivity index (χ1n) is 6.61. The minimum atomic E-state index is -2.34. The van der Waals surface area contributed by atoms with Gasteiger partial charge in [-0.1, -0.05) is 0 Å². The van der Waals surface area contributed by atoms with Crippen molar-refractivity contribution < 1.29 is 2.73 Å². The maximum atomic E-state index is 2.50. The first-order chi connectivity index (χ1) is 9.21. The molecule has 0 radical (unpaired) electrons. The van der Waals surface area contributed by atoms with Crippen molar-refractivity contribution in [2.24, 2.45) is 0 Å². The quantitative estimate of drug-likeness (QED) is 0.679. The van der Waals surface area contributed by atoms with Gasteiger partial charge in [0.05, 0.1) is 0 Å². The predicted octanol–water partition coefficient (Wildman–Crippen LogP) is 2.08. The van der Waals surface area contributed by atoms with Crippen LogP contribution in [0.2, 0.25) is 0 Å². The molecular weight excluding hydrogens is 366 g/mol. The van der Waals surface area contributed by atoms with Crippen LogP contribution in [-0.4, -0.2) is 33.1 Å². The predicted molar refractivity (Wildman–Crippen MR) is 85.0 cm³/mol. The average molecular weight is 384 g/mol. The van der Waals surface area contributed by atoms with Gasteiger partial charge in [-0.15, -0.1) is 0 Å². The van der Waals surface area contributed by atoms with Crippen molar-refractivity contribution in [3.05, 3.63) is 59.7 Å². The van der Waals surface area contributed by atoms with Gasteiger partial charge in [0.2, 0.25) is 0 Å². The summed E-state index contributed by atoms with van der Waals surface area (Å²) < 4.78 is 4.71. The van der Waals surface area contributed by atoms with E-state index in [1.165, 1.54) is 15.8 Å². The zero-order chi connectivity index (χ0) is 13.1. The van der Waals surface area contributed by atoms with E-state index in [2.05, 4.69) is 70.8 Å². The molecule has 0 saturated carbocycles. The third-order valence-corrected chi connectivity index (χ3v) is 23.8. The second kappa shape index (κ2) is 4.02. The molecule has 0 atom stereocenters. The van der Waals surface area contributed by atoms with Gasteiger partial charge in [-0.05, 0) is 0 Å². The van der Waals surface area contributed by atoms with Crippen molar-refractivity contribution in [2.45, 2.75) is 13.1 Å². The van der Waals surface area contributed by atoms with Gasteiger partial charge in [-0.2, -0.15) is 0 Å². The molecule has 4 rings (SSSR count). The van der Waals surface area contributed by atoms with E-state index >= 15 is 0 Å². The normalized spacial score (nSPS) is 34.2. The Labute approximate surface area is 121 Å². The van der Waals surface area contributed by atoms with E-state index in [1.807, 2.05) is 0 Å². The number of hydrogen-bond acceptors (Lipinski definition) is 1. The number of fused-ring (bicyclic) bond motifs is 5. The van der Waals surface area contributed by atoms with Crippen molar-refractivity contribution >= 4 is 33.3 Å². The number of benzene rings is 2. The summed E-state index contributed by atoms with van der Waals surface area (Å²) in [4.78, 5) is 0. The first kappa shape index (κ1) is 12.3.